The molecule has 0 bridgehead atoms. The van der Waals surface area contributed by atoms with Crippen LogP contribution in [0.1, 0.15) is 19.3 Å². The van der Waals surface area contributed by atoms with E-state index in [4.69, 9.17) is 14.7 Å². The summed E-state index contributed by atoms with van der Waals surface area (Å²) in [5.74, 6) is 1.59. The van der Waals surface area contributed by atoms with Crippen LogP contribution in [0.5, 0.6) is 11.5 Å². The molecule has 0 aromatic heterocycles. The Kier molecular flexibility index (Phi) is 5.73. The van der Waals surface area contributed by atoms with Gasteiger partial charge in [0.2, 0.25) is 0 Å². The molecule has 0 aliphatic rings. The number of nitrogens with zero attached hydrogens (tertiary/aromatic N) is 1. The van der Waals surface area contributed by atoms with Crippen LogP contribution in [0.4, 0.5) is 5.69 Å². The van der Waals surface area contributed by atoms with Gasteiger partial charge in [-0.2, -0.15) is 5.26 Å². The van der Waals surface area contributed by atoms with Gasteiger partial charge in [-0.25, -0.2) is 0 Å². The van der Waals surface area contributed by atoms with Crippen LogP contribution in [0.25, 0.3) is 0 Å². The van der Waals surface area contributed by atoms with Crippen LogP contribution in [-0.4, -0.2) is 20.8 Å². The van der Waals surface area contributed by atoms with Gasteiger partial charge in [-0.1, -0.05) is 0 Å². The highest BCUT2D eigenvalue weighted by atomic mass is 16.5. The SMILES string of the molecule is COc1ccc(OC)c(NCCCCC#N)c1. The Morgan fingerprint density at radius 2 is 2.06 bits per heavy atom. The number of anilines is 1. The summed E-state index contributed by atoms with van der Waals surface area (Å²) in [5, 5.41) is 11.7. The second-order valence-corrected chi connectivity index (χ2v) is 3.61. The lowest BCUT2D eigenvalue weighted by molar-refractivity contribution is 0.404. The van der Waals surface area contributed by atoms with Gasteiger partial charge in [-0.3, -0.25) is 0 Å². The van der Waals surface area contributed by atoms with Crippen LogP contribution in [0.15, 0.2) is 18.2 Å². The monoisotopic (exact) mass is 234 g/mol. The van der Waals surface area contributed by atoms with E-state index in [2.05, 4.69) is 11.4 Å². The summed E-state index contributed by atoms with van der Waals surface area (Å²) in [6.45, 7) is 0.825. The molecule has 1 aromatic rings. The molecule has 92 valence electrons. The molecule has 0 spiro atoms. The number of unbranched alkanes of at least 4 members (excludes halogenated alkanes) is 2. The molecule has 0 amide bonds. The van der Waals surface area contributed by atoms with E-state index >= 15 is 0 Å². The Hall–Kier alpha value is -1.89. The van der Waals surface area contributed by atoms with Gasteiger partial charge in [-0.15, -0.1) is 0 Å². The fourth-order valence-electron chi connectivity index (χ4n) is 1.50. The maximum atomic E-state index is 8.43. The Balaban J connectivity index is 2.53. The Labute approximate surface area is 102 Å². The lowest BCUT2D eigenvalue weighted by atomic mass is 10.2. The summed E-state index contributed by atoms with van der Waals surface area (Å²) in [6, 6.07) is 7.77. The Morgan fingerprint density at radius 1 is 1.24 bits per heavy atom. The molecule has 0 fully saturated rings. The van der Waals surface area contributed by atoms with Gasteiger partial charge in [0, 0.05) is 19.0 Å². The summed E-state index contributed by atoms with van der Waals surface area (Å²) >= 11 is 0. The van der Waals surface area contributed by atoms with Crippen LogP contribution in [0.3, 0.4) is 0 Å². The smallest absolute Gasteiger partial charge is 0.142 e. The van der Waals surface area contributed by atoms with Gasteiger partial charge in [0.25, 0.3) is 0 Å². The molecular formula is C13H18N2O2. The minimum Gasteiger partial charge on any atom is -0.497 e. The van der Waals surface area contributed by atoms with Crippen molar-refractivity contribution in [2.75, 3.05) is 26.1 Å². The van der Waals surface area contributed by atoms with E-state index in [0.29, 0.717) is 6.42 Å². The third kappa shape index (κ3) is 4.23. The van der Waals surface area contributed by atoms with E-state index in [1.807, 2.05) is 18.2 Å². The molecule has 0 heterocycles. The van der Waals surface area contributed by atoms with Crippen molar-refractivity contribution in [3.63, 3.8) is 0 Å². The van der Waals surface area contributed by atoms with E-state index < -0.39 is 0 Å². The molecule has 1 aromatic carbocycles. The van der Waals surface area contributed by atoms with E-state index in [1.54, 1.807) is 14.2 Å². The first kappa shape index (κ1) is 13.2. The van der Waals surface area contributed by atoms with Crippen molar-refractivity contribution in [1.29, 1.82) is 5.26 Å². The van der Waals surface area contributed by atoms with Crippen molar-refractivity contribution in [1.82, 2.24) is 0 Å². The van der Waals surface area contributed by atoms with Crippen molar-refractivity contribution in [2.24, 2.45) is 0 Å². The van der Waals surface area contributed by atoms with Crippen molar-refractivity contribution in [2.45, 2.75) is 19.3 Å². The summed E-state index contributed by atoms with van der Waals surface area (Å²) in [5.41, 5.74) is 0.920. The predicted octanol–water partition coefficient (Wildman–Crippen LogP) is 2.81. The lowest BCUT2D eigenvalue weighted by Gasteiger charge is -2.12. The van der Waals surface area contributed by atoms with Gasteiger partial charge in [-0.05, 0) is 25.0 Å². The molecule has 0 aliphatic heterocycles. The van der Waals surface area contributed by atoms with Crippen LogP contribution in [0.2, 0.25) is 0 Å². The van der Waals surface area contributed by atoms with Crippen LogP contribution in [0, 0.1) is 11.3 Å². The van der Waals surface area contributed by atoms with Crippen LogP contribution >= 0.6 is 0 Å². The number of methoxy groups -OCH3 is 2. The largest absolute Gasteiger partial charge is 0.497 e. The zero-order valence-electron chi connectivity index (χ0n) is 10.3. The molecule has 0 atom stereocenters. The molecule has 0 aliphatic carbocycles. The highest BCUT2D eigenvalue weighted by Gasteiger charge is 2.03. The molecule has 1 N–H and O–H groups in total. The summed E-state index contributed by atoms with van der Waals surface area (Å²) in [7, 11) is 3.28. The molecule has 1 rings (SSSR count). The highest BCUT2D eigenvalue weighted by molar-refractivity contribution is 5.59. The van der Waals surface area contributed by atoms with Gasteiger partial charge in [0.15, 0.2) is 0 Å². The van der Waals surface area contributed by atoms with Gasteiger partial charge < -0.3 is 14.8 Å². The van der Waals surface area contributed by atoms with Crippen molar-refractivity contribution in [3.8, 4) is 17.6 Å². The van der Waals surface area contributed by atoms with Crippen molar-refractivity contribution < 1.29 is 9.47 Å². The number of nitrogens with one attached hydrogen (secondary N) is 1. The molecular weight excluding hydrogens is 216 g/mol. The third-order valence-corrected chi connectivity index (χ3v) is 2.44. The van der Waals surface area contributed by atoms with Gasteiger partial charge in [0.1, 0.15) is 11.5 Å². The van der Waals surface area contributed by atoms with E-state index in [9.17, 15) is 0 Å². The summed E-state index contributed by atoms with van der Waals surface area (Å²) in [4.78, 5) is 0. The Morgan fingerprint density at radius 3 is 2.71 bits per heavy atom. The maximum Gasteiger partial charge on any atom is 0.142 e. The normalized spacial score (nSPS) is 9.47. The zero-order valence-corrected chi connectivity index (χ0v) is 10.3. The first-order valence-corrected chi connectivity index (χ1v) is 5.64. The number of nitriles is 1. The molecule has 4 nitrogen and oxygen atoms in total. The molecule has 0 radical (unpaired) electrons. The second kappa shape index (κ2) is 7.39. The Bertz CT molecular complexity index is 385. The van der Waals surface area contributed by atoms with Crippen LogP contribution in [-0.2, 0) is 0 Å². The number of benzene rings is 1. The molecule has 4 heteroatoms. The maximum absolute atomic E-state index is 8.43. The molecule has 17 heavy (non-hydrogen) atoms. The summed E-state index contributed by atoms with van der Waals surface area (Å²) < 4.78 is 10.4. The number of rotatable bonds is 7. The number of hydrogen-bond acceptors (Lipinski definition) is 4. The van der Waals surface area contributed by atoms with Gasteiger partial charge in [0.05, 0.1) is 26.0 Å². The number of ether oxygens (including phenoxy) is 2. The quantitative estimate of drug-likeness (QED) is 0.737. The topological polar surface area (TPSA) is 54.3 Å². The third-order valence-electron chi connectivity index (χ3n) is 2.44. The van der Waals surface area contributed by atoms with E-state index in [1.165, 1.54) is 0 Å². The zero-order chi connectivity index (χ0) is 12.5. The molecule has 0 saturated carbocycles. The van der Waals surface area contributed by atoms with Gasteiger partial charge >= 0.3 is 0 Å². The molecule has 0 unspecified atom stereocenters. The lowest BCUT2D eigenvalue weighted by Crippen LogP contribution is -2.03. The second-order valence-electron chi connectivity index (χ2n) is 3.61. The van der Waals surface area contributed by atoms with Crippen molar-refractivity contribution >= 4 is 5.69 Å². The summed E-state index contributed by atoms with van der Waals surface area (Å²) in [6.07, 6.45) is 2.49. The van der Waals surface area contributed by atoms with Crippen molar-refractivity contribution in [3.05, 3.63) is 18.2 Å². The first-order chi connectivity index (χ1) is 8.31. The fraction of sp³-hybridized carbons (Fsp3) is 0.462. The van der Waals surface area contributed by atoms with E-state index in [0.717, 1.165) is 36.6 Å². The van der Waals surface area contributed by atoms with E-state index in [-0.39, 0.29) is 0 Å². The highest BCUT2D eigenvalue weighted by Crippen LogP contribution is 2.28. The first-order valence-electron chi connectivity index (χ1n) is 5.64. The average Bonchev–Trinajstić information content (AvgIpc) is 2.38. The number of hydrogen-bond donors (Lipinski definition) is 1. The van der Waals surface area contributed by atoms with Crippen LogP contribution < -0.4 is 14.8 Å². The predicted molar refractivity (Wildman–Crippen MR) is 67.5 cm³/mol. The standard InChI is InChI=1S/C13H18N2O2/c1-16-11-6-7-13(17-2)12(10-11)15-9-5-3-4-8-14/h6-7,10,15H,3-5,9H2,1-2H3. The minimum absolute atomic E-state index is 0.608. The average molecular weight is 234 g/mol. The minimum atomic E-state index is 0.608. The fourth-order valence-corrected chi connectivity index (χ4v) is 1.50. The molecule has 0 saturated heterocycles.